The molecule has 0 aromatic rings. The van der Waals surface area contributed by atoms with E-state index in [0.29, 0.717) is 24.2 Å². The van der Waals surface area contributed by atoms with Gasteiger partial charge in [-0.25, -0.2) is 0 Å². The maximum absolute atomic E-state index is 4.28. The van der Waals surface area contributed by atoms with Gasteiger partial charge in [-0.2, -0.15) is 0 Å². The van der Waals surface area contributed by atoms with Crippen molar-refractivity contribution in [1.29, 1.82) is 0 Å². The van der Waals surface area contributed by atoms with Gasteiger partial charge in [0.25, 0.3) is 0 Å². The molecule has 196 valence electrons. The van der Waals surface area contributed by atoms with E-state index < -0.39 is 0 Å². The van der Waals surface area contributed by atoms with E-state index in [2.05, 4.69) is 122 Å². The molecule has 0 aromatic carbocycles. The van der Waals surface area contributed by atoms with Gasteiger partial charge in [-0.15, -0.1) is 24.2 Å². The Morgan fingerprint density at radius 1 is 0.382 bits per heavy atom. The first-order valence-electron chi connectivity index (χ1n) is 12.1. The molecule has 10 heteroatoms. The van der Waals surface area contributed by atoms with Gasteiger partial charge in [-0.05, 0) is 0 Å². The average molecular weight is 538 g/mol. The quantitative estimate of drug-likeness (QED) is 0.200. The Morgan fingerprint density at radius 3 is 0.529 bits per heavy atom. The topological polar surface area (TPSA) is 46.0 Å². The molecular formula is C24H64BrLi3N6+4. The second-order valence-corrected chi connectivity index (χ2v) is 10.5. The van der Waals surface area contributed by atoms with Crippen LogP contribution < -0.4 is 93.2 Å². The first kappa shape index (κ1) is 56.3. The number of halogens is 1. The molecule has 0 aromatic heterocycles. The van der Waals surface area contributed by atoms with Crippen LogP contribution in [0.4, 0.5) is 0 Å². The number of quaternary nitrogens is 4. The standard InChI is InChI=1S/2C6H16N2.2C6H14N.BrH.3Li/c2*1-7(2)5-6-8(3)4;2*1-5(2)7-6(3)4;;;;/h2*5-6H2,1-4H3;2*5-6H,1-4H3;1H;;;/q;;2*-1;;3*+1/p+3. The Labute approximate surface area is 264 Å². The zero-order valence-corrected chi connectivity index (χ0v) is 29.0. The molecule has 0 radical (unpaired) electrons. The largest absolute Gasteiger partial charge is 1.00 e. The van der Waals surface area contributed by atoms with Gasteiger partial charge < -0.3 is 47.2 Å². The molecule has 0 atom stereocenters. The molecule has 0 aliphatic carbocycles. The van der Waals surface area contributed by atoms with Crippen molar-refractivity contribution in [1.82, 2.24) is 0 Å². The summed E-state index contributed by atoms with van der Waals surface area (Å²) in [5.41, 5.74) is 0. The molecule has 0 heterocycles. The molecule has 0 saturated heterocycles. The van der Waals surface area contributed by atoms with E-state index in [-0.39, 0.29) is 73.6 Å². The van der Waals surface area contributed by atoms with Gasteiger partial charge in [0.1, 0.15) is 26.2 Å². The molecular weight excluding hydrogens is 473 g/mol. The van der Waals surface area contributed by atoms with Gasteiger partial charge >= 0.3 is 56.6 Å². The minimum atomic E-state index is 0. The summed E-state index contributed by atoms with van der Waals surface area (Å²) in [6, 6.07) is 2.00. The number of nitrogens with zero attached hydrogens (tertiary/aromatic N) is 2. The Morgan fingerprint density at radius 2 is 0.500 bits per heavy atom. The third-order valence-electron chi connectivity index (χ3n) is 3.44. The third-order valence-corrected chi connectivity index (χ3v) is 3.44. The summed E-state index contributed by atoms with van der Waals surface area (Å²) in [6.07, 6.45) is 0. The Kier molecular flexibility index (Phi) is 65.4. The van der Waals surface area contributed by atoms with Crippen LogP contribution in [-0.4, -0.2) is 107 Å². The van der Waals surface area contributed by atoms with Gasteiger partial charge in [-0.1, -0.05) is 55.4 Å². The predicted molar refractivity (Wildman–Crippen MR) is 138 cm³/mol. The van der Waals surface area contributed by atoms with Gasteiger partial charge in [0.2, 0.25) is 0 Å². The molecule has 0 aliphatic heterocycles. The summed E-state index contributed by atoms with van der Waals surface area (Å²) in [7, 11) is 17.5. The number of likely N-dealkylation sites (N-methyl/N-ethyl adjacent to an activating group) is 4. The van der Waals surface area contributed by atoms with Crippen molar-refractivity contribution in [3.8, 4) is 0 Å². The van der Waals surface area contributed by atoms with Crippen LogP contribution in [-0.2, 0) is 0 Å². The van der Waals surface area contributed by atoms with E-state index in [1.165, 1.54) is 45.8 Å². The maximum Gasteiger partial charge on any atom is 1.00 e. The SMILES string of the molecule is CC(C)[N-]C(C)C.CC(C)[N-]C(C)C.C[NH+](C)CC[NH+](C)C.C[NH+](C)CC[NH+](C)C.[Br-].[Li+].[Li+].[Li+]. The van der Waals surface area contributed by atoms with E-state index in [1.54, 1.807) is 0 Å². The smallest absolute Gasteiger partial charge is 1.00 e. The Balaban J connectivity index is -0.0000000426. The first-order chi connectivity index (χ1) is 13.5. The molecule has 0 amide bonds. The molecule has 6 nitrogen and oxygen atoms in total. The van der Waals surface area contributed by atoms with Gasteiger partial charge in [-0.3, -0.25) is 0 Å². The van der Waals surface area contributed by atoms with Gasteiger partial charge in [0.05, 0.1) is 56.4 Å². The van der Waals surface area contributed by atoms with Crippen molar-refractivity contribution in [2.24, 2.45) is 0 Å². The van der Waals surface area contributed by atoms with Crippen molar-refractivity contribution in [3.05, 3.63) is 10.6 Å². The fraction of sp³-hybridized carbons (Fsp3) is 1.00. The molecule has 0 aliphatic rings. The van der Waals surface area contributed by atoms with Crippen molar-refractivity contribution >= 4 is 0 Å². The zero-order valence-electron chi connectivity index (χ0n) is 27.4. The van der Waals surface area contributed by atoms with Crippen molar-refractivity contribution in [2.75, 3.05) is 82.6 Å². The van der Waals surface area contributed by atoms with Crippen LogP contribution in [0.1, 0.15) is 55.4 Å². The number of hydrogen-bond donors (Lipinski definition) is 4. The van der Waals surface area contributed by atoms with Crippen LogP contribution in [0.3, 0.4) is 0 Å². The van der Waals surface area contributed by atoms with E-state index in [9.17, 15) is 0 Å². The molecule has 34 heavy (non-hydrogen) atoms. The van der Waals surface area contributed by atoms with Crippen LogP contribution in [0.2, 0.25) is 0 Å². The second kappa shape index (κ2) is 39.5. The van der Waals surface area contributed by atoms with Gasteiger partial charge in [0, 0.05) is 0 Å². The summed E-state index contributed by atoms with van der Waals surface area (Å²) >= 11 is 0. The third kappa shape index (κ3) is 92.5. The van der Waals surface area contributed by atoms with Crippen LogP contribution in [0.25, 0.3) is 10.6 Å². The van der Waals surface area contributed by atoms with Crippen LogP contribution in [0.5, 0.6) is 0 Å². The fourth-order valence-corrected chi connectivity index (χ4v) is 2.19. The second-order valence-electron chi connectivity index (χ2n) is 10.5. The van der Waals surface area contributed by atoms with E-state index >= 15 is 0 Å². The van der Waals surface area contributed by atoms with E-state index in [1.807, 2.05) is 0 Å². The van der Waals surface area contributed by atoms with Crippen LogP contribution in [0.15, 0.2) is 0 Å². The Hall–Kier alpha value is 2.03. The van der Waals surface area contributed by atoms with Crippen molar-refractivity contribution in [2.45, 2.75) is 79.6 Å². The average Bonchev–Trinajstić information content (AvgIpc) is 2.50. The predicted octanol–water partition coefficient (Wildman–Crippen LogP) is -13.1. The first-order valence-corrected chi connectivity index (χ1v) is 12.1. The van der Waals surface area contributed by atoms with Crippen LogP contribution >= 0.6 is 0 Å². The minimum Gasteiger partial charge on any atom is -1.00 e. The fourth-order valence-electron chi connectivity index (χ4n) is 2.19. The minimum absolute atomic E-state index is 0. The molecule has 4 N–H and O–H groups in total. The summed E-state index contributed by atoms with van der Waals surface area (Å²) in [5.74, 6) is 0. The van der Waals surface area contributed by atoms with Gasteiger partial charge in [0.15, 0.2) is 0 Å². The van der Waals surface area contributed by atoms with Crippen molar-refractivity contribution in [3.63, 3.8) is 0 Å². The molecule has 0 spiro atoms. The Bertz CT molecular complexity index is 263. The monoisotopic (exact) mass is 536 g/mol. The summed E-state index contributed by atoms with van der Waals surface area (Å²) < 4.78 is 0. The number of hydrogen-bond acceptors (Lipinski definition) is 0. The van der Waals surface area contributed by atoms with E-state index in [4.69, 9.17) is 0 Å². The summed E-state index contributed by atoms with van der Waals surface area (Å²) in [4.78, 5) is 6.13. The molecule has 0 rings (SSSR count). The molecule has 0 fully saturated rings. The summed E-state index contributed by atoms with van der Waals surface area (Å²) in [5, 5.41) is 8.56. The van der Waals surface area contributed by atoms with E-state index in [0.717, 1.165) is 0 Å². The normalized spacial score (nSPS) is 9.88. The molecule has 0 unspecified atom stereocenters. The maximum atomic E-state index is 4.28. The number of rotatable bonds is 10. The number of nitrogens with one attached hydrogen (secondary N) is 4. The summed E-state index contributed by atoms with van der Waals surface area (Å²) in [6.45, 7) is 21.8. The zero-order chi connectivity index (χ0) is 24.9. The molecule has 0 bridgehead atoms. The molecule has 0 saturated carbocycles. The van der Waals surface area contributed by atoms with Crippen LogP contribution in [0, 0.1) is 0 Å². The van der Waals surface area contributed by atoms with Crippen molar-refractivity contribution < 1.29 is 93.2 Å².